The van der Waals surface area contributed by atoms with E-state index in [4.69, 9.17) is 14.0 Å². The molecule has 2 heterocycles. The molecule has 10 heteroatoms. The second-order valence-electron chi connectivity index (χ2n) is 7.98. The number of rotatable bonds is 7. The van der Waals surface area contributed by atoms with Crippen LogP contribution in [0.3, 0.4) is 0 Å². The normalized spacial score (nSPS) is 11.0. The average Bonchev–Trinajstić information content (AvgIpc) is 3.23. The van der Waals surface area contributed by atoms with Gasteiger partial charge in [-0.1, -0.05) is 38.1 Å². The zero-order chi connectivity index (χ0) is 23.3. The third-order valence-corrected chi connectivity index (χ3v) is 4.40. The standard InChI is InChI=1S/C22H25N5O5/c1-22(2,3)16-12-17(27-32-16)25-18(28)10-13-6-8-14(9-7-13)23-20(29)15-11-19(30-4)26-21(24-15)31-5/h6-9,11-12H,10H2,1-5H3,(H,23,29)(H,25,27,28). The van der Waals surface area contributed by atoms with Crippen LogP contribution >= 0.6 is 0 Å². The van der Waals surface area contributed by atoms with Crippen LogP contribution < -0.4 is 20.1 Å². The summed E-state index contributed by atoms with van der Waals surface area (Å²) >= 11 is 0. The third-order valence-electron chi connectivity index (χ3n) is 4.40. The molecule has 0 bridgehead atoms. The molecule has 0 saturated heterocycles. The summed E-state index contributed by atoms with van der Waals surface area (Å²) in [6.07, 6.45) is 0.145. The Morgan fingerprint density at radius 2 is 1.72 bits per heavy atom. The molecular weight excluding hydrogens is 414 g/mol. The third kappa shape index (κ3) is 5.81. The van der Waals surface area contributed by atoms with Gasteiger partial charge < -0.3 is 24.6 Å². The van der Waals surface area contributed by atoms with Gasteiger partial charge in [-0.25, -0.2) is 0 Å². The van der Waals surface area contributed by atoms with Gasteiger partial charge >= 0.3 is 6.01 Å². The van der Waals surface area contributed by atoms with Crippen molar-refractivity contribution in [2.24, 2.45) is 0 Å². The number of nitrogens with zero attached hydrogens (tertiary/aromatic N) is 3. The van der Waals surface area contributed by atoms with Gasteiger partial charge in [0.05, 0.1) is 20.6 Å². The van der Waals surface area contributed by atoms with Gasteiger partial charge in [0, 0.05) is 23.2 Å². The average molecular weight is 439 g/mol. The molecule has 0 aliphatic carbocycles. The van der Waals surface area contributed by atoms with Gasteiger partial charge in [-0.15, -0.1) is 0 Å². The van der Waals surface area contributed by atoms with Crippen molar-refractivity contribution < 1.29 is 23.6 Å². The minimum atomic E-state index is -0.449. The van der Waals surface area contributed by atoms with Crippen molar-refractivity contribution in [1.29, 1.82) is 0 Å². The molecule has 0 radical (unpaired) electrons. The molecule has 0 spiro atoms. The van der Waals surface area contributed by atoms with Crippen LogP contribution in [0.25, 0.3) is 0 Å². The van der Waals surface area contributed by atoms with Crippen LogP contribution in [0, 0.1) is 0 Å². The predicted octanol–water partition coefficient (Wildman–Crippen LogP) is 3.21. The molecule has 0 saturated carbocycles. The maximum absolute atomic E-state index is 12.5. The summed E-state index contributed by atoms with van der Waals surface area (Å²) in [4.78, 5) is 32.8. The number of hydrogen-bond donors (Lipinski definition) is 2. The first-order valence-corrected chi connectivity index (χ1v) is 9.82. The van der Waals surface area contributed by atoms with Gasteiger partial charge in [0.2, 0.25) is 11.8 Å². The summed E-state index contributed by atoms with van der Waals surface area (Å²) in [6, 6.07) is 10.0. The molecule has 1 aromatic carbocycles. The van der Waals surface area contributed by atoms with E-state index >= 15 is 0 Å². The van der Waals surface area contributed by atoms with Crippen molar-refractivity contribution >= 4 is 23.3 Å². The highest BCUT2D eigenvalue weighted by Crippen LogP contribution is 2.24. The molecule has 2 N–H and O–H groups in total. The molecule has 0 aliphatic heterocycles. The Morgan fingerprint density at radius 3 is 2.31 bits per heavy atom. The Morgan fingerprint density at radius 1 is 1.00 bits per heavy atom. The predicted molar refractivity (Wildman–Crippen MR) is 117 cm³/mol. The molecule has 0 unspecified atom stereocenters. The maximum Gasteiger partial charge on any atom is 0.320 e. The minimum Gasteiger partial charge on any atom is -0.481 e. The molecule has 32 heavy (non-hydrogen) atoms. The molecule has 2 aromatic heterocycles. The fourth-order valence-electron chi connectivity index (χ4n) is 2.68. The lowest BCUT2D eigenvalue weighted by molar-refractivity contribution is -0.115. The lowest BCUT2D eigenvalue weighted by atomic mass is 9.93. The van der Waals surface area contributed by atoms with Crippen LogP contribution in [0.1, 0.15) is 42.6 Å². The van der Waals surface area contributed by atoms with E-state index in [1.54, 1.807) is 30.3 Å². The molecule has 0 fully saturated rings. The topological polar surface area (TPSA) is 128 Å². The van der Waals surface area contributed by atoms with E-state index in [1.165, 1.54) is 20.3 Å². The number of ether oxygens (including phenoxy) is 2. The fourth-order valence-corrected chi connectivity index (χ4v) is 2.68. The fraction of sp³-hybridized carbons (Fsp3) is 0.318. The first kappa shape index (κ1) is 22.7. The van der Waals surface area contributed by atoms with Crippen molar-refractivity contribution in [2.75, 3.05) is 24.9 Å². The number of carbonyl (C=O) groups excluding carboxylic acids is 2. The molecule has 3 aromatic rings. The van der Waals surface area contributed by atoms with E-state index < -0.39 is 5.91 Å². The highest BCUT2D eigenvalue weighted by molar-refractivity contribution is 6.03. The van der Waals surface area contributed by atoms with Crippen LogP contribution in [0.5, 0.6) is 11.9 Å². The van der Waals surface area contributed by atoms with Crippen molar-refractivity contribution in [2.45, 2.75) is 32.6 Å². The largest absolute Gasteiger partial charge is 0.481 e. The molecule has 10 nitrogen and oxygen atoms in total. The Kier molecular flexibility index (Phi) is 6.72. The Labute approximate surface area is 185 Å². The molecular formula is C22H25N5O5. The van der Waals surface area contributed by atoms with Crippen LogP contribution in [0.4, 0.5) is 11.5 Å². The number of carbonyl (C=O) groups is 2. The molecule has 168 valence electrons. The Hall–Kier alpha value is -3.95. The lowest BCUT2D eigenvalue weighted by Crippen LogP contribution is -2.16. The summed E-state index contributed by atoms with van der Waals surface area (Å²) < 4.78 is 15.3. The minimum absolute atomic E-state index is 0.0255. The van der Waals surface area contributed by atoms with Crippen molar-refractivity contribution in [3.8, 4) is 11.9 Å². The number of methoxy groups -OCH3 is 2. The van der Waals surface area contributed by atoms with E-state index in [1.807, 2.05) is 20.8 Å². The number of hydrogen-bond acceptors (Lipinski definition) is 8. The van der Waals surface area contributed by atoms with Gasteiger partial charge in [-0.2, -0.15) is 9.97 Å². The zero-order valence-corrected chi connectivity index (χ0v) is 18.6. The molecule has 3 rings (SSSR count). The van der Waals surface area contributed by atoms with Gasteiger partial charge in [-0.3, -0.25) is 9.59 Å². The van der Waals surface area contributed by atoms with Gasteiger partial charge in [-0.05, 0) is 17.7 Å². The second kappa shape index (κ2) is 9.46. The monoisotopic (exact) mass is 439 g/mol. The smallest absolute Gasteiger partial charge is 0.320 e. The Bertz CT molecular complexity index is 1080. The number of nitrogens with one attached hydrogen (secondary N) is 2. The van der Waals surface area contributed by atoms with E-state index in [9.17, 15) is 9.59 Å². The van der Waals surface area contributed by atoms with E-state index in [0.717, 1.165) is 5.56 Å². The maximum atomic E-state index is 12.5. The number of aromatic nitrogens is 3. The molecule has 0 aliphatic rings. The number of benzene rings is 1. The summed E-state index contributed by atoms with van der Waals surface area (Å²) in [5.74, 6) is 0.599. The zero-order valence-electron chi connectivity index (χ0n) is 18.6. The number of amides is 2. The first-order valence-electron chi connectivity index (χ1n) is 9.82. The van der Waals surface area contributed by atoms with E-state index in [-0.39, 0.29) is 35.3 Å². The highest BCUT2D eigenvalue weighted by Gasteiger charge is 2.20. The van der Waals surface area contributed by atoms with Crippen LogP contribution in [-0.2, 0) is 16.6 Å². The van der Waals surface area contributed by atoms with Crippen molar-refractivity contribution in [3.63, 3.8) is 0 Å². The van der Waals surface area contributed by atoms with Crippen molar-refractivity contribution in [1.82, 2.24) is 15.1 Å². The van der Waals surface area contributed by atoms with E-state index in [0.29, 0.717) is 17.3 Å². The van der Waals surface area contributed by atoms with Gasteiger partial charge in [0.25, 0.3) is 5.91 Å². The summed E-state index contributed by atoms with van der Waals surface area (Å²) in [5.41, 5.74) is 1.21. The van der Waals surface area contributed by atoms with Crippen molar-refractivity contribution in [3.05, 3.63) is 53.4 Å². The quantitative estimate of drug-likeness (QED) is 0.574. The second-order valence-corrected chi connectivity index (χ2v) is 7.98. The summed E-state index contributed by atoms with van der Waals surface area (Å²) in [7, 11) is 2.84. The molecule has 0 atom stereocenters. The summed E-state index contributed by atoms with van der Waals surface area (Å²) in [5, 5.41) is 9.34. The highest BCUT2D eigenvalue weighted by atomic mass is 16.5. The first-order chi connectivity index (χ1) is 15.2. The van der Waals surface area contributed by atoms with Crippen LogP contribution in [0.15, 0.2) is 40.9 Å². The SMILES string of the molecule is COc1cc(C(=O)Nc2ccc(CC(=O)Nc3cc(C(C)(C)C)on3)cc2)nc(OC)n1. The van der Waals surface area contributed by atoms with Crippen LogP contribution in [-0.4, -0.2) is 41.2 Å². The van der Waals surface area contributed by atoms with E-state index in [2.05, 4.69) is 25.8 Å². The molecule has 2 amide bonds. The van der Waals surface area contributed by atoms with Crippen LogP contribution in [0.2, 0.25) is 0 Å². The lowest BCUT2D eigenvalue weighted by Gasteiger charge is -2.12. The van der Waals surface area contributed by atoms with Gasteiger partial charge in [0.1, 0.15) is 11.5 Å². The van der Waals surface area contributed by atoms with Gasteiger partial charge in [0.15, 0.2) is 5.82 Å². The summed E-state index contributed by atoms with van der Waals surface area (Å²) in [6.45, 7) is 5.99. The Balaban J connectivity index is 1.59. The number of anilines is 2.